The lowest BCUT2D eigenvalue weighted by molar-refractivity contribution is 0.941. The van der Waals surface area contributed by atoms with Gasteiger partial charge >= 0.3 is 0 Å². The Hall–Kier alpha value is -0.790. The van der Waals surface area contributed by atoms with E-state index in [1.807, 2.05) is 12.3 Å². The second-order valence-electron chi connectivity index (χ2n) is 4.04. The molecule has 0 atom stereocenters. The Balaban J connectivity index is 1.95. The average Bonchev–Trinajstić information content (AvgIpc) is 2.84. The van der Waals surface area contributed by atoms with Crippen molar-refractivity contribution in [3.63, 3.8) is 0 Å². The van der Waals surface area contributed by atoms with Gasteiger partial charge < -0.3 is 10.6 Å². The molecule has 0 unspecified atom stereocenters. The number of thiophene rings is 1. The number of hydrogen-bond acceptors (Lipinski definition) is 6. The molecule has 0 radical (unpaired) electrons. The highest BCUT2D eigenvalue weighted by Gasteiger charge is 2.04. The van der Waals surface area contributed by atoms with Gasteiger partial charge in [0.1, 0.15) is 11.6 Å². The molecule has 2 rings (SSSR count). The lowest BCUT2D eigenvalue weighted by atomic mass is 10.3. The highest BCUT2D eigenvalue weighted by Crippen LogP contribution is 2.22. The van der Waals surface area contributed by atoms with Crippen molar-refractivity contribution < 1.29 is 0 Å². The Labute approximate surface area is 135 Å². The van der Waals surface area contributed by atoms with Crippen molar-refractivity contribution in [2.75, 3.05) is 30.0 Å². The zero-order valence-electron chi connectivity index (χ0n) is 11.4. The molecule has 0 amide bonds. The maximum atomic E-state index is 4.47. The van der Waals surface area contributed by atoms with Gasteiger partial charge in [0.2, 0.25) is 0 Å². The number of rotatable bonds is 7. The molecule has 7 heteroatoms. The van der Waals surface area contributed by atoms with Crippen LogP contribution in [0.2, 0.25) is 0 Å². The second kappa shape index (κ2) is 7.85. The Kier molecular flexibility index (Phi) is 6.12. The Morgan fingerprint density at radius 1 is 1.25 bits per heavy atom. The molecule has 2 aromatic heterocycles. The van der Waals surface area contributed by atoms with Gasteiger partial charge in [-0.3, -0.25) is 0 Å². The summed E-state index contributed by atoms with van der Waals surface area (Å²) in [6.07, 6.45) is 2.98. The van der Waals surface area contributed by atoms with Gasteiger partial charge in [0.05, 0.1) is 3.79 Å². The number of halogens is 1. The smallest absolute Gasteiger partial charge is 0.191 e. The molecule has 0 aliphatic rings. The Morgan fingerprint density at radius 2 is 2.00 bits per heavy atom. The van der Waals surface area contributed by atoms with Crippen LogP contribution in [0.3, 0.4) is 0 Å². The molecule has 0 saturated carbocycles. The number of thioether (sulfide) groups is 1. The van der Waals surface area contributed by atoms with Gasteiger partial charge in [-0.15, -0.1) is 11.3 Å². The highest BCUT2D eigenvalue weighted by atomic mass is 79.9. The van der Waals surface area contributed by atoms with E-state index in [1.54, 1.807) is 23.1 Å². The fraction of sp³-hybridized carbons (Fsp3) is 0.385. The first kappa shape index (κ1) is 15.6. The van der Waals surface area contributed by atoms with Crippen LogP contribution in [-0.2, 0) is 6.42 Å². The summed E-state index contributed by atoms with van der Waals surface area (Å²) in [5.41, 5.74) is 0. The van der Waals surface area contributed by atoms with Crippen molar-refractivity contribution in [1.29, 1.82) is 0 Å². The number of hydrogen-bond donors (Lipinski definition) is 2. The van der Waals surface area contributed by atoms with Gasteiger partial charge in [0.25, 0.3) is 0 Å². The van der Waals surface area contributed by atoms with Crippen LogP contribution in [0.1, 0.15) is 11.8 Å². The number of nitrogens with one attached hydrogen (secondary N) is 2. The fourth-order valence-corrected chi connectivity index (χ4v) is 3.54. The van der Waals surface area contributed by atoms with E-state index >= 15 is 0 Å². The second-order valence-corrected chi connectivity index (χ2v) is 7.36. The molecule has 0 spiro atoms. The van der Waals surface area contributed by atoms with E-state index in [0.717, 1.165) is 36.3 Å². The Morgan fingerprint density at radius 3 is 2.60 bits per heavy atom. The molecule has 0 bridgehead atoms. The van der Waals surface area contributed by atoms with Crippen molar-refractivity contribution in [2.45, 2.75) is 18.5 Å². The minimum Gasteiger partial charge on any atom is -0.370 e. The van der Waals surface area contributed by atoms with Crippen molar-refractivity contribution in [3.05, 3.63) is 26.9 Å². The molecule has 0 aromatic carbocycles. The lowest BCUT2D eigenvalue weighted by Crippen LogP contribution is -2.08. The number of aromatic nitrogens is 2. The van der Waals surface area contributed by atoms with Crippen LogP contribution in [0.5, 0.6) is 0 Å². The third-order valence-electron chi connectivity index (χ3n) is 2.55. The summed E-state index contributed by atoms with van der Waals surface area (Å²) in [4.78, 5) is 10.2. The van der Waals surface area contributed by atoms with Gasteiger partial charge in [-0.2, -0.15) is 0 Å². The van der Waals surface area contributed by atoms with Gasteiger partial charge in [0, 0.05) is 24.0 Å². The number of anilines is 2. The molecule has 2 aromatic rings. The molecule has 0 aliphatic heterocycles. The third kappa shape index (κ3) is 4.64. The third-order valence-corrected chi connectivity index (χ3v) is 4.78. The van der Waals surface area contributed by atoms with E-state index in [1.165, 1.54) is 8.66 Å². The maximum absolute atomic E-state index is 4.47. The molecular weight excluding hydrogens is 356 g/mol. The highest BCUT2D eigenvalue weighted by molar-refractivity contribution is 9.11. The van der Waals surface area contributed by atoms with Crippen LogP contribution in [0.25, 0.3) is 0 Å². The standard InChI is InChI=1S/C13H17BrN4S2/c1-3-15-11-8-12(18-13(17-11)19-2)16-7-6-9-4-5-10(14)20-9/h4-5,8H,3,6-7H2,1-2H3,(H2,15,16,17,18). The van der Waals surface area contributed by atoms with Crippen LogP contribution in [0.4, 0.5) is 11.6 Å². The van der Waals surface area contributed by atoms with Crippen LogP contribution in [-0.4, -0.2) is 29.3 Å². The minimum atomic E-state index is 0.782. The molecule has 20 heavy (non-hydrogen) atoms. The first-order chi connectivity index (χ1) is 9.71. The van der Waals surface area contributed by atoms with Crippen LogP contribution < -0.4 is 10.6 Å². The van der Waals surface area contributed by atoms with E-state index in [2.05, 4.69) is 55.6 Å². The summed E-state index contributed by atoms with van der Waals surface area (Å²) < 4.78 is 1.17. The van der Waals surface area contributed by atoms with Crippen LogP contribution >= 0.6 is 39.0 Å². The SMILES string of the molecule is CCNc1cc(NCCc2ccc(Br)s2)nc(SC)n1. The van der Waals surface area contributed by atoms with Gasteiger partial charge in [0.15, 0.2) is 5.16 Å². The van der Waals surface area contributed by atoms with E-state index in [0.29, 0.717) is 0 Å². The topological polar surface area (TPSA) is 49.8 Å². The fourth-order valence-electron chi connectivity index (χ4n) is 1.68. The van der Waals surface area contributed by atoms with Crippen molar-refractivity contribution in [2.24, 2.45) is 0 Å². The summed E-state index contributed by atoms with van der Waals surface area (Å²) in [6, 6.07) is 6.18. The lowest BCUT2D eigenvalue weighted by Gasteiger charge is -2.09. The van der Waals surface area contributed by atoms with Crippen LogP contribution in [0.15, 0.2) is 27.1 Å². The quantitative estimate of drug-likeness (QED) is 0.565. The summed E-state index contributed by atoms with van der Waals surface area (Å²) in [5.74, 6) is 1.74. The molecule has 0 saturated heterocycles. The summed E-state index contributed by atoms with van der Waals surface area (Å²) in [6.45, 7) is 3.78. The molecule has 4 nitrogen and oxygen atoms in total. The predicted molar refractivity (Wildman–Crippen MR) is 92.2 cm³/mol. The van der Waals surface area contributed by atoms with E-state index in [-0.39, 0.29) is 0 Å². The normalized spacial score (nSPS) is 10.6. The molecule has 0 fully saturated rings. The molecule has 0 aliphatic carbocycles. The molecule has 2 N–H and O–H groups in total. The van der Waals surface area contributed by atoms with E-state index < -0.39 is 0 Å². The zero-order chi connectivity index (χ0) is 14.4. The van der Waals surface area contributed by atoms with Crippen molar-refractivity contribution >= 4 is 50.7 Å². The molecule has 108 valence electrons. The first-order valence-electron chi connectivity index (χ1n) is 6.36. The van der Waals surface area contributed by atoms with Gasteiger partial charge in [-0.1, -0.05) is 11.8 Å². The summed E-state index contributed by atoms with van der Waals surface area (Å²) in [5, 5.41) is 7.37. The minimum absolute atomic E-state index is 0.782. The van der Waals surface area contributed by atoms with E-state index in [9.17, 15) is 0 Å². The maximum Gasteiger partial charge on any atom is 0.191 e. The summed E-state index contributed by atoms with van der Waals surface area (Å²) in [7, 11) is 0. The van der Waals surface area contributed by atoms with Crippen molar-refractivity contribution in [3.8, 4) is 0 Å². The van der Waals surface area contributed by atoms with Gasteiger partial charge in [-0.25, -0.2) is 9.97 Å². The van der Waals surface area contributed by atoms with Crippen LogP contribution in [0, 0.1) is 0 Å². The zero-order valence-corrected chi connectivity index (χ0v) is 14.7. The first-order valence-corrected chi connectivity index (χ1v) is 9.19. The van der Waals surface area contributed by atoms with E-state index in [4.69, 9.17) is 0 Å². The Bertz CT molecular complexity index is 559. The van der Waals surface area contributed by atoms with Gasteiger partial charge in [-0.05, 0) is 47.7 Å². The largest absolute Gasteiger partial charge is 0.370 e. The van der Waals surface area contributed by atoms with Crippen molar-refractivity contribution in [1.82, 2.24) is 9.97 Å². The monoisotopic (exact) mass is 372 g/mol. The number of nitrogens with zero attached hydrogens (tertiary/aromatic N) is 2. The predicted octanol–water partition coefficient (Wildman–Crippen LogP) is 4.11. The molecule has 2 heterocycles. The molecular formula is C13H17BrN4S2. The average molecular weight is 373 g/mol. The summed E-state index contributed by atoms with van der Waals surface area (Å²) >= 11 is 6.80.